The Morgan fingerprint density at radius 1 is 1.50 bits per heavy atom. The summed E-state index contributed by atoms with van der Waals surface area (Å²) < 4.78 is 1.61. The third-order valence-electron chi connectivity index (χ3n) is 2.49. The number of carbonyl (C=O) groups excluding carboxylic acids is 1. The molecule has 0 amide bonds. The largest absolute Gasteiger partial charge is 0.297 e. The molecule has 2 rings (SSSR count). The average Bonchev–Trinajstić information content (AvgIpc) is 2.72. The second-order valence-electron chi connectivity index (χ2n) is 3.31. The molecule has 1 aliphatic rings. The van der Waals surface area contributed by atoms with E-state index in [-0.39, 0.29) is 5.78 Å². The van der Waals surface area contributed by atoms with Crippen molar-refractivity contribution >= 4 is 5.78 Å². The summed E-state index contributed by atoms with van der Waals surface area (Å²) in [5.74, 6) is 0.0728. The number of aromatic nitrogens is 3. The van der Waals surface area contributed by atoms with Crippen molar-refractivity contribution in [3.8, 4) is 0 Å². The van der Waals surface area contributed by atoms with E-state index in [1.807, 2.05) is 24.3 Å². The lowest BCUT2D eigenvalue weighted by molar-refractivity contribution is -0.123. The molecule has 0 aliphatic heterocycles. The molecule has 0 N–H and O–H groups in total. The zero-order valence-electron chi connectivity index (χ0n) is 7.92. The second-order valence-corrected chi connectivity index (χ2v) is 3.31. The quantitative estimate of drug-likeness (QED) is 0.699. The Morgan fingerprint density at radius 3 is 2.86 bits per heavy atom. The lowest BCUT2D eigenvalue weighted by Gasteiger charge is -2.28. The molecule has 0 saturated carbocycles. The van der Waals surface area contributed by atoms with E-state index in [0.29, 0.717) is 6.42 Å². The van der Waals surface area contributed by atoms with Crippen LogP contribution in [0.25, 0.3) is 0 Å². The molecular formula is C10H11N3O. The van der Waals surface area contributed by atoms with Gasteiger partial charge in [0.15, 0.2) is 5.78 Å². The van der Waals surface area contributed by atoms with E-state index in [0.717, 1.165) is 0 Å². The monoisotopic (exact) mass is 189 g/mol. The summed E-state index contributed by atoms with van der Waals surface area (Å²) in [4.78, 5) is 15.5. The van der Waals surface area contributed by atoms with E-state index < -0.39 is 5.54 Å². The first-order valence-electron chi connectivity index (χ1n) is 4.46. The van der Waals surface area contributed by atoms with E-state index >= 15 is 0 Å². The Balaban J connectivity index is 2.47. The van der Waals surface area contributed by atoms with Crippen molar-refractivity contribution in [1.29, 1.82) is 0 Å². The number of allylic oxidation sites excluding steroid dienone is 4. The molecule has 4 nitrogen and oxygen atoms in total. The van der Waals surface area contributed by atoms with Crippen molar-refractivity contribution in [2.45, 2.75) is 18.9 Å². The maximum atomic E-state index is 11.6. The van der Waals surface area contributed by atoms with Gasteiger partial charge in [0.2, 0.25) is 0 Å². The fraction of sp³-hybridized carbons (Fsp3) is 0.300. The fourth-order valence-corrected chi connectivity index (χ4v) is 1.62. The summed E-state index contributed by atoms with van der Waals surface area (Å²) in [6, 6.07) is 0. The van der Waals surface area contributed by atoms with Crippen LogP contribution in [0.1, 0.15) is 13.3 Å². The number of ketones is 1. The fourth-order valence-electron chi connectivity index (χ4n) is 1.62. The minimum atomic E-state index is -0.661. The van der Waals surface area contributed by atoms with Crippen LogP contribution in [0.3, 0.4) is 0 Å². The molecule has 0 radical (unpaired) electrons. The molecule has 4 heteroatoms. The van der Waals surface area contributed by atoms with Gasteiger partial charge in [0, 0.05) is 6.42 Å². The molecule has 14 heavy (non-hydrogen) atoms. The number of nitrogens with zero attached hydrogens (tertiary/aromatic N) is 3. The molecule has 0 bridgehead atoms. The highest BCUT2D eigenvalue weighted by molar-refractivity contribution is 5.86. The van der Waals surface area contributed by atoms with E-state index in [2.05, 4.69) is 10.1 Å². The number of hydrogen-bond acceptors (Lipinski definition) is 3. The maximum absolute atomic E-state index is 11.6. The molecule has 1 heterocycles. The first-order chi connectivity index (χ1) is 6.76. The van der Waals surface area contributed by atoms with Gasteiger partial charge < -0.3 is 0 Å². The van der Waals surface area contributed by atoms with Crippen molar-refractivity contribution in [2.24, 2.45) is 0 Å². The van der Waals surface area contributed by atoms with Gasteiger partial charge in [0.1, 0.15) is 18.2 Å². The third-order valence-corrected chi connectivity index (χ3v) is 2.49. The van der Waals surface area contributed by atoms with Crippen molar-refractivity contribution in [2.75, 3.05) is 0 Å². The maximum Gasteiger partial charge on any atom is 0.161 e. The lowest BCUT2D eigenvalue weighted by Crippen LogP contribution is -2.39. The molecule has 0 fully saturated rings. The predicted molar refractivity (Wildman–Crippen MR) is 51.6 cm³/mol. The lowest BCUT2D eigenvalue weighted by atomic mass is 9.88. The number of rotatable bonds is 2. The first-order valence-corrected chi connectivity index (χ1v) is 4.46. The number of Topliss-reactive ketones (excluding diaryl/α,β-unsaturated/α-hetero) is 1. The Kier molecular flexibility index (Phi) is 2.04. The van der Waals surface area contributed by atoms with Gasteiger partial charge in [-0.1, -0.05) is 18.2 Å². The van der Waals surface area contributed by atoms with E-state index in [4.69, 9.17) is 0 Å². The molecule has 1 unspecified atom stereocenters. The van der Waals surface area contributed by atoms with Gasteiger partial charge in [-0.25, -0.2) is 9.67 Å². The smallest absolute Gasteiger partial charge is 0.161 e. The zero-order chi connectivity index (χ0) is 10.0. The van der Waals surface area contributed by atoms with Crippen molar-refractivity contribution < 1.29 is 4.79 Å². The van der Waals surface area contributed by atoms with E-state index in [9.17, 15) is 4.79 Å². The average molecular weight is 189 g/mol. The molecule has 1 aromatic heterocycles. The van der Waals surface area contributed by atoms with Gasteiger partial charge >= 0.3 is 0 Å². The highest BCUT2D eigenvalue weighted by Gasteiger charge is 2.35. The minimum Gasteiger partial charge on any atom is -0.297 e. The van der Waals surface area contributed by atoms with Crippen LogP contribution in [0.15, 0.2) is 37.0 Å². The first kappa shape index (κ1) is 8.87. The molecule has 1 atom stereocenters. The van der Waals surface area contributed by atoms with Crippen molar-refractivity contribution in [1.82, 2.24) is 14.8 Å². The summed E-state index contributed by atoms with van der Waals surface area (Å²) in [7, 11) is 0. The Morgan fingerprint density at radius 2 is 2.36 bits per heavy atom. The number of hydrogen-bond donors (Lipinski definition) is 0. The third kappa shape index (κ3) is 1.19. The van der Waals surface area contributed by atoms with Gasteiger partial charge in [-0.2, -0.15) is 5.10 Å². The summed E-state index contributed by atoms with van der Waals surface area (Å²) in [5.41, 5.74) is -0.661. The van der Waals surface area contributed by atoms with E-state index in [1.165, 1.54) is 6.33 Å². The van der Waals surface area contributed by atoms with Gasteiger partial charge in [-0.15, -0.1) is 0 Å². The minimum absolute atomic E-state index is 0.0728. The van der Waals surface area contributed by atoms with Gasteiger partial charge in [0.05, 0.1) is 0 Å². The zero-order valence-corrected chi connectivity index (χ0v) is 7.92. The van der Waals surface area contributed by atoms with Crippen LogP contribution in [-0.2, 0) is 10.3 Å². The second kappa shape index (κ2) is 3.21. The van der Waals surface area contributed by atoms with Crippen LogP contribution in [0.5, 0.6) is 0 Å². The van der Waals surface area contributed by atoms with Gasteiger partial charge in [0.25, 0.3) is 0 Å². The standard InChI is InChI=1S/C10H11N3O/c1-9(14)10(5-3-2-4-6-10)13-8-11-7-12-13/h2-5,7-8H,6H2,1H3. The SMILES string of the molecule is CC(=O)C1(n2cncn2)C=CC=CC1. The topological polar surface area (TPSA) is 47.8 Å². The van der Waals surface area contributed by atoms with Crippen molar-refractivity contribution in [3.63, 3.8) is 0 Å². The van der Waals surface area contributed by atoms with Crippen molar-refractivity contribution in [3.05, 3.63) is 37.0 Å². The molecule has 72 valence electrons. The molecule has 0 aromatic carbocycles. The number of carbonyl (C=O) groups is 1. The molecule has 1 aromatic rings. The van der Waals surface area contributed by atoms with Crippen LogP contribution in [0.2, 0.25) is 0 Å². The molecule has 1 aliphatic carbocycles. The highest BCUT2D eigenvalue weighted by atomic mass is 16.1. The molecular weight excluding hydrogens is 178 g/mol. The summed E-state index contributed by atoms with van der Waals surface area (Å²) >= 11 is 0. The van der Waals surface area contributed by atoms with Crippen LogP contribution in [-0.4, -0.2) is 20.5 Å². The van der Waals surface area contributed by atoms with Gasteiger partial charge in [-0.3, -0.25) is 4.79 Å². The van der Waals surface area contributed by atoms with Gasteiger partial charge in [-0.05, 0) is 13.0 Å². The van der Waals surface area contributed by atoms with E-state index in [1.54, 1.807) is 17.9 Å². The van der Waals surface area contributed by atoms with Crippen LogP contribution < -0.4 is 0 Å². The Labute approximate surface area is 82.0 Å². The Hall–Kier alpha value is -1.71. The van der Waals surface area contributed by atoms with Crippen LogP contribution >= 0.6 is 0 Å². The predicted octanol–water partition coefficient (Wildman–Crippen LogP) is 1.08. The normalized spacial score (nSPS) is 25.2. The molecule has 0 spiro atoms. The summed E-state index contributed by atoms with van der Waals surface area (Å²) in [5, 5.41) is 4.03. The van der Waals surface area contributed by atoms with Crippen LogP contribution in [0, 0.1) is 0 Å². The van der Waals surface area contributed by atoms with Crippen LogP contribution in [0.4, 0.5) is 0 Å². The molecule has 0 saturated heterocycles. The summed E-state index contributed by atoms with van der Waals surface area (Å²) in [6.45, 7) is 1.57. The Bertz CT molecular complexity index is 392. The highest BCUT2D eigenvalue weighted by Crippen LogP contribution is 2.26. The summed E-state index contributed by atoms with van der Waals surface area (Å²) in [6.07, 6.45) is 11.3.